The lowest BCUT2D eigenvalue weighted by Gasteiger charge is -2.36. The largest absolute Gasteiger partial charge is 0.497 e. The highest BCUT2D eigenvalue weighted by atomic mass is 127. The van der Waals surface area contributed by atoms with Crippen molar-refractivity contribution in [1.82, 2.24) is 20.4 Å². The second-order valence-corrected chi connectivity index (χ2v) is 7.63. The van der Waals surface area contributed by atoms with Gasteiger partial charge in [-0.2, -0.15) is 0 Å². The van der Waals surface area contributed by atoms with Gasteiger partial charge in [0.15, 0.2) is 5.96 Å². The number of carbonyl (C=O) groups excluding carboxylic acids is 1. The van der Waals surface area contributed by atoms with Gasteiger partial charge in [-0.1, -0.05) is 6.07 Å². The van der Waals surface area contributed by atoms with Crippen LogP contribution < -0.4 is 15.4 Å². The minimum absolute atomic E-state index is 0. The summed E-state index contributed by atoms with van der Waals surface area (Å²) >= 11 is 0. The highest BCUT2D eigenvalue weighted by molar-refractivity contribution is 14.0. The molecule has 1 amide bonds. The van der Waals surface area contributed by atoms with E-state index in [-0.39, 0.29) is 29.9 Å². The number of guanidine groups is 1. The van der Waals surface area contributed by atoms with Gasteiger partial charge in [0.1, 0.15) is 5.75 Å². The molecule has 1 aromatic carbocycles. The van der Waals surface area contributed by atoms with E-state index in [4.69, 9.17) is 9.73 Å². The maximum absolute atomic E-state index is 12.0. The molecule has 1 aromatic rings. The smallest absolute Gasteiger partial charge is 0.234 e. The average molecular weight is 515 g/mol. The molecule has 0 spiro atoms. The number of piperazine rings is 1. The normalized spacial score (nSPS) is 17.5. The van der Waals surface area contributed by atoms with Crippen LogP contribution in [0.3, 0.4) is 0 Å². The Labute approximate surface area is 191 Å². The third-order valence-electron chi connectivity index (χ3n) is 5.07. The second kappa shape index (κ2) is 11.6. The van der Waals surface area contributed by atoms with Crippen LogP contribution in [-0.2, 0) is 11.3 Å². The number of rotatable bonds is 7. The molecule has 0 bridgehead atoms. The zero-order chi connectivity index (χ0) is 19.9. The predicted octanol–water partition coefficient (Wildman–Crippen LogP) is 1.98. The molecule has 2 fully saturated rings. The van der Waals surface area contributed by atoms with E-state index in [1.807, 2.05) is 12.1 Å². The predicted molar refractivity (Wildman–Crippen MR) is 127 cm³/mol. The Balaban J connectivity index is 0.00000300. The lowest BCUT2D eigenvalue weighted by atomic mass is 10.1. The van der Waals surface area contributed by atoms with Crippen molar-refractivity contribution < 1.29 is 9.53 Å². The van der Waals surface area contributed by atoms with Gasteiger partial charge in [-0.05, 0) is 49.9 Å². The highest BCUT2D eigenvalue weighted by Crippen LogP contribution is 2.19. The second-order valence-electron chi connectivity index (χ2n) is 7.63. The van der Waals surface area contributed by atoms with Crippen LogP contribution in [0.1, 0.15) is 30.9 Å². The Hall–Kier alpha value is -1.55. The standard InChI is InChI=1S/C21H33N5O2.HI/c1-4-22-21(23-14-17-11-16(2)12-19(13-17)28-3)26-9-7-25(8-10-26)15-20(27)24-18-5-6-18;/h11-13,18H,4-10,14-15H2,1-3H3,(H,22,23)(H,24,27);1H. The topological polar surface area (TPSA) is 69.2 Å². The summed E-state index contributed by atoms with van der Waals surface area (Å²) in [7, 11) is 1.69. The van der Waals surface area contributed by atoms with Gasteiger partial charge in [0.05, 0.1) is 20.2 Å². The van der Waals surface area contributed by atoms with E-state index in [1.54, 1.807) is 7.11 Å². The van der Waals surface area contributed by atoms with Gasteiger partial charge in [0.25, 0.3) is 0 Å². The molecule has 1 saturated heterocycles. The van der Waals surface area contributed by atoms with Gasteiger partial charge >= 0.3 is 0 Å². The number of halogens is 1. The molecule has 7 nitrogen and oxygen atoms in total. The van der Waals surface area contributed by atoms with E-state index >= 15 is 0 Å². The fraction of sp³-hybridized carbons (Fsp3) is 0.619. The van der Waals surface area contributed by atoms with Crippen LogP contribution in [0.25, 0.3) is 0 Å². The van der Waals surface area contributed by atoms with Crippen LogP contribution in [0.2, 0.25) is 0 Å². The minimum atomic E-state index is 0. The number of nitrogens with one attached hydrogen (secondary N) is 2. The summed E-state index contributed by atoms with van der Waals surface area (Å²) in [6, 6.07) is 6.64. The van der Waals surface area contributed by atoms with E-state index in [0.29, 0.717) is 19.1 Å². The number of aliphatic imine (C=N–C) groups is 1. The number of hydrogen-bond donors (Lipinski definition) is 2. The summed E-state index contributed by atoms with van der Waals surface area (Å²) in [5, 5.41) is 6.47. The van der Waals surface area contributed by atoms with Gasteiger partial charge in [-0.15, -0.1) is 24.0 Å². The van der Waals surface area contributed by atoms with Crippen LogP contribution in [0.4, 0.5) is 0 Å². The SMILES string of the molecule is CCNC(=NCc1cc(C)cc(OC)c1)N1CCN(CC(=O)NC2CC2)CC1.I. The van der Waals surface area contributed by atoms with Crippen molar-refractivity contribution in [2.45, 2.75) is 39.3 Å². The van der Waals surface area contributed by atoms with E-state index in [0.717, 1.165) is 62.8 Å². The summed E-state index contributed by atoms with van der Waals surface area (Å²) in [4.78, 5) is 21.4. The number of nitrogens with zero attached hydrogens (tertiary/aromatic N) is 3. The van der Waals surface area contributed by atoms with Gasteiger partial charge in [-0.25, -0.2) is 4.99 Å². The van der Waals surface area contributed by atoms with E-state index < -0.39 is 0 Å². The lowest BCUT2D eigenvalue weighted by Crippen LogP contribution is -2.54. The third kappa shape index (κ3) is 7.65. The van der Waals surface area contributed by atoms with Gasteiger partial charge in [-0.3, -0.25) is 9.69 Å². The molecule has 2 N–H and O–H groups in total. The van der Waals surface area contributed by atoms with Crippen molar-refractivity contribution in [2.24, 2.45) is 4.99 Å². The molecule has 162 valence electrons. The zero-order valence-electron chi connectivity index (χ0n) is 17.7. The summed E-state index contributed by atoms with van der Waals surface area (Å²) in [6.07, 6.45) is 2.27. The first-order valence-electron chi connectivity index (χ1n) is 10.3. The first-order chi connectivity index (χ1) is 13.6. The van der Waals surface area contributed by atoms with Crippen LogP contribution in [-0.4, -0.2) is 74.1 Å². The Morgan fingerprint density at radius 1 is 1.21 bits per heavy atom. The molecule has 29 heavy (non-hydrogen) atoms. The van der Waals surface area contributed by atoms with Crippen LogP contribution >= 0.6 is 24.0 Å². The minimum Gasteiger partial charge on any atom is -0.497 e. The number of methoxy groups -OCH3 is 1. The van der Waals surface area contributed by atoms with E-state index in [9.17, 15) is 4.79 Å². The molecule has 1 heterocycles. The molecule has 2 aliphatic rings. The number of carbonyl (C=O) groups is 1. The molecule has 0 unspecified atom stereocenters. The first-order valence-corrected chi connectivity index (χ1v) is 10.3. The van der Waals surface area contributed by atoms with Gasteiger partial charge in [0.2, 0.25) is 5.91 Å². The maximum atomic E-state index is 12.0. The Morgan fingerprint density at radius 3 is 2.55 bits per heavy atom. The van der Waals surface area contributed by atoms with Crippen molar-refractivity contribution in [3.05, 3.63) is 29.3 Å². The lowest BCUT2D eigenvalue weighted by molar-refractivity contribution is -0.122. The third-order valence-corrected chi connectivity index (χ3v) is 5.07. The number of ether oxygens (including phenoxy) is 1. The Kier molecular flexibility index (Phi) is 9.48. The van der Waals surface area contributed by atoms with Crippen molar-refractivity contribution >= 4 is 35.8 Å². The monoisotopic (exact) mass is 515 g/mol. The quantitative estimate of drug-likeness (QED) is 0.330. The van der Waals surface area contributed by atoms with Crippen molar-refractivity contribution in [3.63, 3.8) is 0 Å². The molecule has 0 aromatic heterocycles. The number of aryl methyl sites for hydroxylation is 1. The Morgan fingerprint density at radius 2 is 1.93 bits per heavy atom. The van der Waals surface area contributed by atoms with Crippen molar-refractivity contribution in [1.29, 1.82) is 0 Å². The molecule has 1 saturated carbocycles. The summed E-state index contributed by atoms with van der Waals surface area (Å²) in [5.41, 5.74) is 2.32. The van der Waals surface area contributed by atoms with Gasteiger partial charge in [0, 0.05) is 38.8 Å². The maximum Gasteiger partial charge on any atom is 0.234 e. The molecule has 0 radical (unpaired) electrons. The molecular formula is C21H34IN5O2. The van der Waals surface area contributed by atoms with E-state index in [2.05, 4.69) is 40.3 Å². The summed E-state index contributed by atoms with van der Waals surface area (Å²) in [6.45, 7) is 9.61. The molecule has 1 aliphatic heterocycles. The van der Waals surface area contributed by atoms with E-state index in [1.165, 1.54) is 5.56 Å². The molecule has 0 atom stereocenters. The van der Waals surface area contributed by atoms with Gasteiger partial charge < -0.3 is 20.3 Å². The number of hydrogen-bond acceptors (Lipinski definition) is 4. The average Bonchev–Trinajstić information content (AvgIpc) is 3.49. The fourth-order valence-electron chi connectivity index (χ4n) is 3.45. The highest BCUT2D eigenvalue weighted by Gasteiger charge is 2.25. The number of benzene rings is 1. The fourth-order valence-corrected chi connectivity index (χ4v) is 3.45. The molecular weight excluding hydrogens is 481 g/mol. The van der Waals surface area contributed by atoms with Crippen LogP contribution in [0.5, 0.6) is 5.75 Å². The first kappa shape index (κ1) is 23.7. The van der Waals surface area contributed by atoms with Crippen molar-refractivity contribution in [3.8, 4) is 5.75 Å². The Bertz CT molecular complexity index is 700. The number of amides is 1. The molecule has 1 aliphatic carbocycles. The van der Waals surface area contributed by atoms with Crippen LogP contribution in [0, 0.1) is 6.92 Å². The molecule has 8 heteroatoms. The zero-order valence-corrected chi connectivity index (χ0v) is 20.1. The van der Waals surface area contributed by atoms with Crippen molar-refractivity contribution in [2.75, 3.05) is 46.4 Å². The summed E-state index contributed by atoms with van der Waals surface area (Å²) in [5.74, 6) is 1.96. The van der Waals surface area contributed by atoms with Crippen LogP contribution in [0.15, 0.2) is 23.2 Å². The molecule has 3 rings (SSSR count). The summed E-state index contributed by atoms with van der Waals surface area (Å²) < 4.78 is 5.36.